The van der Waals surface area contributed by atoms with Gasteiger partial charge in [0.1, 0.15) is 5.75 Å². The molecular formula is C15H13BrClNO2. The first-order valence-electron chi connectivity index (χ1n) is 5.92. The summed E-state index contributed by atoms with van der Waals surface area (Å²) in [6.07, 6.45) is 0. The summed E-state index contributed by atoms with van der Waals surface area (Å²) in [4.78, 5) is 12.2. The second kappa shape index (κ2) is 6.29. The number of methoxy groups -OCH3 is 1. The van der Waals surface area contributed by atoms with Crippen LogP contribution < -0.4 is 10.1 Å². The molecule has 1 amide bonds. The molecule has 20 heavy (non-hydrogen) atoms. The molecule has 0 heterocycles. The molecule has 5 heteroatoms. The minimum Gasteiger partial charge on any atom is -0.496 e. The smallest absolute Gasteiger partial charge is 0.257 e. The quantitative estimate of drug-likeness (QED) is 0.869. The van der Waals surface area contributed by atoms with Gasteiger partial charge in [-0.25, -0.2) is 0 Å². The van der Waals surface area contributed by atoms with Gasteiger partial charge < -0.3 is 10.1 Å². The van der Waals surface area contributed by atoms with Gasteiger partial charge in [0.25, 0.3) is 5.91 Å². The third-order valence-corrected chi connectivity index (χ3v) is 3.71. The number of rotatable bonds is 3. The second-order valence-corrected chi connectivity index (χ2v) is 5.55. The first kappa shape index (κ1) is 14.9. The number of benzene rings is 2. The average molecular weight is 355 g/mol. The highest BCUT2D eigenvalue weighted by Gasteiger charge is 2.11. The number of halogens is 2. The van der Waals surface area contributed by atoms with Crippen LogP contribution in [0.25, 0.3) is 0 Å². The molecule has 1 N–H and O–H groups in total. The Morgan fingerprint density at radius 3 is 2.60 bits per heavy atom. The molecule has 0 saturated heterocycles. The van der Waals surface area contributed by atoms with Crippen molar-refractivity contribution in [3.05, 3.63) is 57.0 Å². The van der Waals surface area contributed by atoms with Gasteiger partial charge in [-0.1, -0.05) is 17.7 Å². The van der Waals surface area contributed by atoms with Crippen molar-refractivity contribution in [2.45, 2.75) is 6.92 Å². The average Bonchev–Trinajstić information content (AvgIpc) is 2.38. The number of carbonyl (C=O) groups excluding carboxylic acids is 1. The molecule has 0 atom stereocenters. The molecule has 3 nitrogen and oxygen atoms in total. The SMILES string of the molecule is COc1ccc(NC(=O)c2ccc(C)cc2Cl)cc1Br. The van der Waals surface area contributed by atoms with Crippen LogP contribution in [0.1, 0.15) is 15.9 Å². The van der Waals surface area contributed by atoms with Gasteiger partial charge in [0.2, 0.25) is 0 Å². The van der Waals surface area contributed by atoms with E-state index < -0.39 is 0 Å². The Morgan fingerprint density at radius 2 is 2.00 bits per heavy atom. The van der Waals surface area contributed by atoms with Gasteiger partial charge in [0, 0.05) is 5.69 Å². The lowest BCUT2D eigenvalue weighted by Gasteiger charge is -2.09. The fourth-order valence-electron chi connectivity index (χ4n) is 1.75. The van der Waals surface area contributed by atoms with Gasteiger partial charge in [-0.15, -0.1) is 0 Å². The van der Waals surface area contributed by atoms with Crippen molar-refractivity contribution in [3.8, 4) is 5.75 Å². The highest BCUT2D eigenvalue weighted by molar-refractivity contribution is 9.10. The van der Waals surface area contributed by atoms with E-state index in [9.17, 15) is 4.79 Å². The monoisotopic (exact) mass is 353 g/mol. The number of carbonyl (C=O) groups is 1. The molecular weight excluding hydrogens is 342 g/mol. The Balaban J connectivity index is 2.21. The number of amides is 1. The summed E-state index contributed by atoms with van der Waals surface area (Å²) in [5, 5.41) is 3.24. The van der Waals surface area contributed by atoms with Crippen LogP contribution in [0.2, 0.25) is 5.02 Å². The molecule has 104 valence electrons. The molecule has 0 aliphatic carbocycles. The van der Waals surface area contributed by atoms with Gasteiger partial charge in [0.15, 0.2) is 0 Å². The summed E-state index contributed by atoms with van der Waals surface area (Å²) in [7, 11) is 1.59. The lowest BCUT2D eigenvalue weighted by Crippen LogP contribution is -2.12. The van der Waals surface area contributed by atoms with Crippen LogP contribution in [-0.2, 0) is 0 Å². The number of hydrogen-bond acceptors (Lipinski definition) is 2. The predicted molar refractivity (Wildman–Crippen MR) is 84.8 cm³/mol. The third-order valence-electron chi connectivity index (χ3n) is 2.78. The minimum absolute atomic E-state index is 0.243. The first-order chi connectivity index (χ1) is 9.51. The molecule has 0 aliphatic heterocycles. The van der Waals surface area contributed by atoms with E-state index in [1.54, 1.807) is 37.4 Å². The molecule has 0 saturated carbocycles. The van der Waals surface area contributed by atoms with Crippen LogP contribution in [0.4, 0.5) is 5.69 Å². The maximum atomic E-state index is 12.2. The van der Waals surface area contributed by atoms with E-state index in [2.05, 4.69) is 21.2 Å². The summed E-state index contributed by atoms with van der Waals surface area (Å²) < 4.78 is 5.91. The molecule has 2 aromatic rings. The van der Waals surface area contributed by atoms with Crippen LogP contribution in [0.15, 0.2) is 40.9 Å². The van der Waals surface area contributed by atoms with Crippen molar-refractivity contribution in [1.29, 1.82) is 0 Å². The zero-order valence-electron chi connectivity index (χ0n) is 11.0. The molecule has 0 radical (unpaired) electrons. The maximum Gasteiger partial charge on any atom is 0.257 e. The van der Waals surface area contributed by atoms with Crippen molar-refractivity contribution in [2.75, 3.05) is 12.4 Å². The number of hydrogen-bond donors (Lipinski definition) is 1. The maximum absolute atomic E-state index is 12.2. The summed E-state index contributed by atoms with van der Waals surface area (Å²) in [6, 6.07) is 10.6. The van der Waals surface area contributed by atoms with E-state index in [4.69, 9.17) is 16.3 Å². The van der Waals surface area contributed by atoms with Crippen LogP contribution in [-0.4, -0.2) is 13.0 Å². The summed E-state index contributed by atoms with van der Waals surface area (Å²) in [5.74, 6) is 0.462. The normalized spacial score (nSPS) is 10.2. The van der Waals surface area contributed by atoms with Crippen LogP contribution in [0.3, 0.4) is 0 Å². The van der Waals surface area contributed by atoms with Crippen molar-refractivity contribution in [2.24, 2.45) is 0 Å². The zero-order chi connectivity index (χ0) is 14.7. The number of aryl methyl sites for hydroxylation is 1. The highest BCUT2D eigenvalue weighted by Crippen LogP contribution is 2.28. The Hall–Kier alpha value is -1.52. The molecule has 0 unspecified atom stereocenters. The van der Waals surface area contributed by atoms with Gasteiger partial charge in [-0.2, -0.15) is 0 Å². The standard InChI is InChI=1S/C15H13BrClNO2/c1-9-3-5-11(13(17)7-9)15(19)18-10-4-6-14(20-2)12(16)8-10/h3-8H,1-2H3,(H,18,19). The van der Waals surface area contributed by atoms with Crippen LogP contribution >= 0.6 is 27.5 Å². The van der Waals surface area contributed by atoms with Crippen LogP contribution in [0.5, 0.6) is 5.75 Å². The van der Waals surface area contributed by atoms with Crippen molar-refractivity contribution in [3.63, 3.8) is 0 Å². The topological polar surface area (TPSA) is 38.3 Å². The molecule has 0 fully saturated rings. The van der Waals surface area contributed by atoms with Gasteiger partial charge in [-0.05, 0) is 58.7 Å². The first-order valence-corrected chi connectivity index (χ1v) is 7.09. The van der Waals surface area contributed by atoms with Crippen LogP contribution in [0, 0.1) is 6.92 Å². The van der Waals surface area contributed by atoms with Crippen molar-refractivity contribution >= 4 is 39.1 Å². The number of ether oxygens (including phenoxy) is 1. The molecule has 2 rings (SSSR count). The molecule has 0 aromatic heterocycles. The third kappa shape index (κ3) is 3.32. The summed E-state index contributed by atoms with van der Waals surface area (Å²) in [6.45, 7) is 1.92. The Bertz CT molecular complexity index is 658. The van der Waals surface area contributed by atoms with Crippen molar-refractivity contribution in [1.82, 2.24) is 0 Å². The largest absolute Gasteiger partial charge is 0.496 e. The van der Waals surface area contributed by atoms with E-state index in [-0.39, 0.29) is 5.91 Å². The van der Waals surface area contributed by atoms with Gasteiger partial charge >= 0.3 is 0 Å². The van der Waals surface area contributed by atoms with Gasteiger partial charge in [0.05, 0.1) is 22.2 Å². The summed E-state index contributed by atoms with van der Waals surface area (Å²) in [5.41, 5.74) is 2.13. The zero-order valence-corrected chi connectivity index (χ0v) is 13.4. The number of anilines is 1. The Kier molecular flexibility index (Phi) is 4.68. The lowest BCUT2D eigenvalue weighted by molar-refractivity contribution is 0.102. The van der Waals surface area contributed by atoms with Gasteiger partial charge in [-0.3, -0.25) is 4.79 Å². The highest BCUT2D eigenvalue weighted by atomic mass is 79.9. The summed E-state index contributed by atoms with van der Waals surface area (Å²) >= 11 is 9.45. The molecule has 0 spiro atoms. The fraction of sp³-hybridized carbons (Fsp3) is 0.133. The molecule has 2 aromatic carbocycles. The Morgan fingerprint density at radius 1 is 1.25 bits per heavy atom. The predicted octanol–water partition coefficient (Wildman–Crippen LogP) is 4.67. The number of nitrogens with one attached hydrogen (secondary N) is 1. The van der Waals surface area contributed by atoms with E-state index in [1.165, 1.54) is 0 Å². The molecule has 0 aliphatic rings. The van der Waals surface area contributed by atoms with Crippen molar-refractivity contribution < 1.29 is 9.53 Å². The van der Waals surface area contributed by atoms with E-state index in [0.717, 1.165) is 10.0 Å². The molecule has 0 bridgehead atoms. The van der Waals surface area contributed by atoms with E-state index in [1.807, 2.05) is 13.0 Å². The second-order valence-electron chi connectivity index (χ2n) is 4.29. The fourth-order valence-corrected chi connectivity index (χ4v) is 2.61. The minimum atomic E-state index is -0.243. The van der Waals surface area contributed by atoms with E-state index >= 15 is 0 Å². The lowest BCUT2D eigenvalue weighted by atomic mass is 10.1. The Labute approximate surface area is 131 Å². The van der Waals surface area contributed by atoms with E-state index in [0.29, 0.717) is 22.0 Å².